The molecule has 0 aliphatic rings. The Morgan fingerprint density at radius 1 is 1.35 bits per heavy atom. The monoisotopic (exact) mass is 317 g/mol. The van der Waals surface area contributed by atoms with Crippen molar-refractivity contribution in [2.45, 2.75) is 12.5 Å². The van der Waals surface area contributed by atoms with Crippen LogP contribution in [0.1, 0.15) is 18.0 Å². The number of hydrogen-bond acceptors (Lipinski definition) is 3. The Labute approximate surface area is 126 Å². The molecule has 1 atom stereocenters. The van der Waals surface area contributed by atoms with Crippen LogP contribution in [0.15, 0.2) is 30.9 Å². The number of benzene rings is 1. The van der Waals surface area contributed by atoms with Crippen LogP contribution in [0.3, 0.4) is 0 Å². The molecule has 0 heterocycles. The molecule has 0 spiro atoms. The maximum atomic E-state index is 11.5. The summed E-state index contributed by atoms with van der Waals surface area (Å²) in [5.41, 5.74) is 0.487. The Hall–Kier alpha value is -1.72. The van der Waals surface area contributed by atoms with Crippen molar-refractivity contribution < 1.29 is 19.4 Å². The van der Waals surface area contributed by atoms with Crippen LogP contribution in [-0.2, 0) is 9.53 Å². The molecule has 20 heavy (non-hydrogen) atoms. The molecule has 0 bridgehead atoms. The number of hydrogen-bond donors (Lipinski definition) is 2. The Morgan fingerprint density at radius 2 is 1.95 bits per heavy atom. The van der Waals surface area contributed by atoms with Crippen LogP contribution >= 0.6 is 23.2 Å². The number of aliphatic carboxylic acids is 1. The van der Waals surface area contributed by atoms with Gasteiger partial charge in [0.25, 0.3) is 0 Å². The van der Waals surface area contributed by atoms with E-state index in [0.29, 0.717) is 15.6 Å². The van der Waals surface area contributed by atoms with Gasteiger partial charge in [-0.25, -0.2) is 4.79 Å². The third kappa shape index (κ3) is 5.50. The summed E-state index contributed by atoms with van der Waals surface area (Å²) in [4.78, 5) is 22.4. The second-order valence-electron chi connectivity index (χ2n) is 3.88. The van der Waals surface area contributed by atoms with Crippen molar-refractivity contribution in [3.63, 3.8) is 0 Å². The number of carboxylic acids is 1. The first-order valence-corrected chi connectivity index (χ1v) is 6.40. The Balaban J connectivity index is 2.90. The van der Waals surface area contributed by atoms with Crippen LogP contribution in [0.2, 0.25) is 10.0 Å². The minimum Gasteiger partial charge on any atom is -0.481 e. The van der Waals surface area contributed by atoms with E-state index in [0.717, 1.165) is 0 Å². The summed E-state index contributed by atoms with van der Waals surface area (Å²) in [6, 6.07) is 3.80. The molecule has 7 heteroatoms. The number of amides is 1. The van der Waals surface area contributed by atoms with Gasteiger partial charge in [0, 0.05) is 10.0 Å². The second kappa shape index (κ2) is 7.77. The predicted octanol–water partition coefficient (Wildman–Crippen LogP) is 3.42. The first-order valence-electron chi connectivity index (χ1n) is 5.64. The highest BCUT2D eigenvalue weighted by Crippen LogP contribution is 2.25. The average molecular weight is 318 g/mol. The molecule has 0 saturated carbocycles. The van der Waals surface area contributed by atoms with Crippen molar-refractivity contribution in [1.29, 1.82) is 0 Å². The Morgan fingerprint density at radius 3 is 2.45 bits per heavy atom. The lowest BCUT2D eigenvalue weighted by molar-refractivity contribution is -0.137. The summed E-state index contributed by atoms with van der Waals surface area (Å²) in [6.45, 7) is 3.44. The zero-order chi connectivity index (χ0) is 15.1. The fourth-order valence-electron chi connectivity index (χ4n) is 1.52. The molecule has 1 amide bonds. The van der Waals surface area contributed by atoms with Crippen LogP contribution in [0.5, 0.6) is 0 Å². The number of carbonyl (C=O) groups is 2. The minimum atomic E-state index is -1.07. The number of carbonyl (C=O) groups excluding carboxylic acids is 1. The summed E-state index contributed by atoms with van der Waals surface area (Å²) in [5.74, 6) is -1.07. The molecule has 5 nitrogen and oxygen atoms in total. The van der Waals surface area contributed by atoms with Gasteiger partial charge in [-0.2, -0.15) is 0 Å². The van der Waals surface area contributed by atoms with E-state index in [1.54, 1.807) is 0 Å². The van der Waals surface area contributed by atoms with Crippen LogP contribution in [0.25, 0.3) is 0 Å². The van der Waals surface area contributed by atoms with E-state index in [4.69, 9.17) is 33.0 Å². The molecule has 0 aromatic heterocycles. The molecular weight excluding hydrogens is 305 g/mol. The highest BCUT2D eigenvalue weighted by atomic mass is 35.5. The summed E-state index contributed by atoms with van der Waals surface area (Å²) in [6.07, 6.45) is 0.342. The molecular formula is C13H13Cl2NO4. The van der Waals surface area contributed by atoms with Crippen LogP contribution in [0.4, 0.5) is 4.79 Å². The zero-order valence-corrected chi connectivity index (χ0v) is 11.9. The van der Waals surface area contributed by atoms with E-state index in [-0.39, 0.29) is 13.0 Å². The lowest BCUT2D eigenvalue weighted by Gasteiger charge is -2.17. The lowest BCUT2D eigenvalue weighted by Crippen LogP contribution is -2.30. The van der Waals surface area contributed by atoms with Gasteiger partial charge in [0.15, 0.2) is 0 Å². The molecule has 108 valence electrons. The van der Waals surface area contributed by atoms with Gasteiger partial charge < -0.3 is 15.2 Å². The number of rotatable bonds is 6. The highest BCUT2D eigenvalue weighted by Gasteiger charge is 2.19. The molecule has 1 aromatic carbocycles. The molecule has 1 rings (SSSR count). The van der Waals surface area contributed by atoms with Crippen molar-refractivity contribution >= 4 is 35.3 Å². The molecule has 2 N–H and O–H groups in total. The van der Waals surface area contributed by atoms with Crippen molar-refractivity contribution in [2.24, 2.45) is 0 Å². The smallest absolute Gasteiger partial charge is 0.407 e. The van der Waals surface area contributed by atoms with Gasteiger partial charge in [-0.15, -0.1) is 0 Å². The zero-order valence-electron chi connectivity index (χ0n) is 10.4. The number of carboxylic acid groups (broad SMARTS) is 1. The summed E-state index contributed by atoms with van der Waals surface area (Å²) < 4.78 is 4.76. The number of alkyl carbamates (subject to hydrolysis) is 1. The van der Waals surface area contributed by atoms with Crippen molar-refractivity contribution in [3.05, 3.63) is 46.5 Å². The van der Waals surface area contributed by atoms with Gasteiger partial charge in [0.1, 0.15) is 6.61 Å². The summed E-state index contributed by atoms with van der Waals surface area (Å²) >= 11 is 11.7. The lowest BCUT2D eigenvalue weighted by atomic mass is 10.0. The van der Waals surface area contributed by atoms with Crippen molar-refractivity contribution in [3.8, 4) is 0 Å². The number of ether oxygens (including phenoxy) is 1. The van der Waals surface area contributed by atoms with Crippen LogP contribution in [-0.4, -0.2) is 23.8 Å². The van der Waals surface area contributed by atoms with E-state index in [9.17, 15) is 9.59 Å². The number of halogens is 2. The van der Waals surface area contributed by atoms with Crippen molar-refractivity contribution in [2.75, 3.05) is 6.61 Å². The van der Waals surface area contributed by atoms with Gasteiger partial charge in [-0.3, -0.25) is 4.79 Å². The molecule has 1 aromatic rings. The van der Waals surface area contributed by atoms with Gasteiger partial charge in [-0.1, -0.05) is 35.9 Å². The largest absolute Gasteiger partial charge is 0.481 e. The Kier molecular flexibility index (Phi) is 6.35. The maximum Gasteiger partial charge on any atom is 0.407 e. The molecule has 0 fully saturated rings. The normalized spacial score (nSPS) is 11.5. The number of nitrogens with one attached hydrogen (secondary N) is 1. The molecule has 0 saturated heterocycles. The van der Waals surface area contributed by atoms with E-state index in [1.165, 1.54) is 24.3 Å². The summed E-state index contributed by atoms with van der Waals surface area (Å²) in [5, 5.41) is 12.0. The van der Waals surface area contributed by atoms with E-state index in [1.807, 2.05) is 0 Å². The van der Waals surface area contributed by atoms with Gasteiger partial charge in [0.05, 0.1) is 12.5 Å². The standard InChI is InChI=1S/C13H13Cl2NO4/c1-2-3-20-13(19)16-11(7-12(17)18)8-4-9(14)6-10(15)5-8/h2,4-6,11H,1,3,7H2,(H,16,19)(H,17,18). The van der Waals surface area contributed by atoms with Gasteiger partial charge in [0.2, 0.25) is 0 Å². The highest BCUT2D eigenvalue weighted by molar-refractivity contribution is 6.34. The minimum absolute atomic E-state index is 0.0297. The van der Waals surface area contributed by atoms with Gasteiger partial charge >= 0.3 is 12.1 Å². The molecule has 0 radical (unpaired) electrons. The third-order valence-corrected chi connectivity index (χ3v) is 2.73. The SMILES string of the molecule is C=CCOC(=O)NC(CC(=O)O)c1cc(Cl)cc(Cl)c1. The average Bonchev–Trinajstić information content (AvgIpc) is 2.33. The van der Waals surface area contributed by atoms with Gasteiger partial charge in [-0.05, 0) is 23.8 Å². The molecule has 0 aliphatic heterocycles. The van der Waals surface area contributed by atoms with E-state index >= 15 is 0 Å². The maximum absolute atomic E-state index is 11.5. The predicted molar refractivity (Wildman–Crippen MR) is 76.1 cm³/mol. The fourth-order valence-corrected chi connectivity index (χ4v) is 2.06. The van der Waals surface area contributed by atoms with Crippen LogP contribution < -0.4 is 5.32 Å². The fraction of sp³-hybridized carbons (Fsp3) is 0.231. The van der Waals surface area contributed by atoms with Crippen LogP contribution in [0, 0.1) is 0 Å². The molecule has 0 aliphatic carbocycles. The first kappa shape index (κ1) is 16.3. The Bertz CT molecular complexity index is 499. The summed E-state index contributed by atoms with van der Waals surface area (Å²) in [7, 11) is 0. The van der Waals surface area contributed by atoms with E-state index in [2.05, 4.69) is 11.9 Å². The quantitative estimate of drug-likeness (QED) is 0.788. The van der Waals surface area contributed by atoms with E-state index < -0.39 is 18.1 Å². The first-order chi connectivity index (χ1) is 9.42. The van der Waals surface area contributed by atoms with Crippen molar-refractivity contribution in [1.82, 2.24) is 5.32 Å². The molecule has 1 unspecified atom stereocenters. The third-order valence-electron chi connectivity index (χ3n) is 2.29. The topological polar surface area (TPSA) is 75.6 Å². The second-order valence-corrected chi connectivity index (χ2v) is 4.76.